The Bertz CT molecular complexity index is 573. The van der Waals surface area contributed by atoms with Gasteiger partial charge in [0.2, 0.25) is 0 Å². The first kappa shape index (κ1) is 12.2. The summed E-state index contributed by atoms with van der Waals surface area (Å²) in [5.41, 5.74) is 5.15. The van der Waals surface area contributed by atoms with Crippen molar-refractivity contribution in [3.63, 3.8) is 0 Å². The molecule has 0 unspecified atom stereocenters. The summed E-state index contributed by atoms with van der Waals surface area (Å²) in [6.45, 7) is 0. The van der Waals surface area contributed by atoms with E-state index in [1.807, 2.05) is 0 Å². The lowest BCUT2D eigenvalue weighted by atomic mass is 10.2. The molecule has 0 bridgehead atoms. The second kappa shape index (κ2) is 4.56. The number of nitrogen functional groups attached to an aromatic ring is 1. The van der Waals surface area contributed by atoms with Crippen molar-refractivity contribution in [3.8, 4) is 0 Å². The summed E-state index contributed by atoms with van der Waals surface area (Å²) < 4.78 is 52.6. The Morgan fingerprint density at radius 2 is 1.50 bits per heavy atom. The molecular weight excluding hydrogens is 248 g/mol. The third kappa shape index (κ3) is 2.22. The molecule has 18 heavy (non-hydrogen) atoms. The number of rotatable bonds is 2. The van der Waals surface area contributed by atoms with E-state index in [1.54, 1.807) is 6.07 Å². The molecular formula is C12H8F4N2. The van der Waals surface area contributed by atoms with Gasteiger partial charge in [0.15, 0.2) is 23.3 Å². The molecule has 2 nitrogen and oxygen atoms in total. The van der Waals surface area contributed by atoms with Crippen molar-refractivity contribution in [3.05, 3.63) is 53.6 Å². The highest BCUT2D eigenvalue weighted by atomic mass is 19.2. The lowest BCUT2D eigenvalue weighted by Gasteiger charge is -2.10. The van der Waals surface area contributed by atoms with Gasteiger partial charge in [-0.1, -0.05) is 6.07 Å². The number of hydrogen-bond acceptors (Lipinski definition) is 2. The number of nitrogens with two attached hydrogens (primary N) is 1. The van der Waals surface area contributed by atoms with Crippen LogP contribution in [0.3, 0.4) is 0 Å². The van der Waals surface area contributed by atoms with Gasteiger partial charge in [0, 0.05) is 17.4 Å². The Morgan fingerprint density at radius 3 is 2.06 bits per heavy atom. The molecule has 0 saturated heterocycles. The minimum atomic E-state index is -1.49. The molecule has 0 heterocycles. The predicted octanol–water partition coefficient (Wildman–Crippen LogP) is 3.57. The molecule has 2 aromatic rings. The van der Waals surface area contributed by atoms with Crippen LogP contribution in [0.1, 0.15) is 0 Å². The van der Waals surface area contributed by atoms with Crippen LogP contribution in [0.25, 0.3) is 0 Å². The number of halogens is 4. The quantitative estimate of drug-likeness (QED) is 0.489. The zero-order valence-corrected chi connectivity index (χ0v) is 8.98. The van der Waals surface area contributed by atoms with E-state index in [2.05, 4.69) is 5.32 Å². The summed E-state index contributed by atoms with van der Waals surface area (Å²) in [4.78, 5) is 0. The molecule has 0 aliphatic heterocycles. The number of benzene rings is 2. The highest BCUT2D eigenvalue weighted by molar-refractivity contribution is 5.64. The zero-order chi connectivity index (χ0) is 13.3. The first-order chi connectivity index (χ1) is 8.49. The molecule has 94 valence electrons. The Balaban J connectivity index is 2.46. The molecule has 0 saturated carbocycles. The molecule has 6 heteroatoms. The van der Waals surface area contributed by atoms with Crippen molar-refractivity contribution in [1.82, 2.24) is 0 Å². The maximum atomic E-state index is 13.4. The first-order valence-corrected chi connectivity index (χ1v) is 4.94. The van der Waals surface area contributed by atoms with Gasteiger partial charge < -0.3 is 11.1 Å². The van der Waals surface area contributed by atoms with Gasteiger partial charge in [-0.15, -0.1) is 0 Å². The molecule has 0 radical (unpaired) electrons. The number of anilines is 3. The van der Waals surface area contributed by atoms with E-state index in [0.717, 1.165) is 0 Å². The minimum Gasteiger partial charge on any atom is -0.399 e. The fourth-order valence-corrected chi connectivity index (χ4v) is 1.44. The van der Waals surface area contributed by atoms with Crippen LogP contribution in [-0.2, 0) is 0 Å². The number of hydrogen-bond donors (Lipinski definition) is 2. The van der Waals surface area contributed by atoms with Gasteiger partial charge in [0.1, 0.15) is 5.69 Å². The Labute approximate surface area is 100 Å². The Morgan fingerprint density at radius 1 is 0.889 bits per heavy atom. The lowest BCUT2D eigenvalue weighted by molar-refractivity contribution is 0.459. The molecule has 2 aromatic carbocycles. The molecule has 0 aromatic heterocycles. The average molecular weight is 256 g/mol. The van der Waals surface area contributed by atoms with Gasteiger partial charge in [0.25, 0.3) is 0 Å². The summed E-state index contributed by atoms with van der Waals surface area (Å²) in [5.74, 6) is -5.92. The predicted molar refractivity (Wildman–Crippen MR) is 60.4 cm³/mol. The molecule has 3 N–H and O–H groups in total. The summed E-state index contributed by atoms with van der Waals surface area (Å²) in [6, 6.07) is 6.07. The van der Waals surface area contributed by atoms with E-state index in [9.17, 15) is 17.6 Å². The van der Waals surface area contributed by atoms with Crippen LogP contribution < -0.4 is 11.1 Å². The maximum Gasteiger partial charge on any atom is 0.185 e. The molecule has 2 rings (SSSR count). The normalized spacial score (nSPS) is 10.4. The van der Waals surface area contributed by atoms with E-state index in [-0.39, 0.29) is 11.8 Å². The van der Waals surface area contributed by atoms with Gasteiger partial charge in [-0.25, -0.2) is 17.6 Å². The summed E-state index contributed by atoms with van der Waals surface area (Å²) in [5, 5.41) is 2.25. The van der Waals surface area contributed by atoms with Crippen LogP contribution in [-0.4, -0.2) is 0 Å². The van der Waals surface area contributed by atoms with E-state index in [4.69, 9.17) is 5.73 Å². The van der Waals surface area contributed by atoms with Crippen LogP contribution in [0, 0.1) is 23.3 Å². The smallest absolute Gasteiger partial charge is 0.185 e. The largest absolute Gasteiger partial charge is 0.399 e. The van der Waals surface area contributed by atoms with Gasteiger partial charge in [-0.3, -0.25) is 0 Å². The Kier molecular flexibility index (Phi) is 3.10. The molecule has 0 atom stereocenters. The fourth-order valence-electron chi connectivity index (χ4n) is 1.44. The highest BCUT2D eigenvalue weighted by Gasteiger charge is 2.19. The van der Waals surface area contributed by atoms with Crippen LogP contribution in [0.15, 0.2) is 30.3 Å². The molecule has 0 fully saturated rings. The van der Waals surface area contributed by atoms with E-state index < -0.39 is 29.0 Å². The summed E-state index contributed by atoms with van der Waals surface area (Å²) >= 11 is 0. The zero-order valence-electron chi connectivity index (χ0n) is 8.98. The van der Waals surface area contributed by atoms with Crippen molar-refractivity contribution in [1.29, 1.82) is 0 Å². The van der Waals surface area contributed by atoms with Crippen molar-refractivity contribution in [2.45, 2.75) is 0 Å². The lowest BCUT2D eigenvalue weighted by Crippen LogP contribution is -2.03. The molecule has 0 aliphatic carbocycles. The molecule has 0 amide bonds. The number of nitrogens with one attached hydrogen (secondary N) is 1. The van der Waals surface area contributed by atoms with Crippen molar-refractivity contribution < 1.29 is 17.6 Å². The van der Waals surface area contributed by atoms with Crippen LogP contribution in [0.5, 0.6) is 0 Å². The maximum absolute atomic E-state index is 13.4. The van der Waals surface area contributed by atoms with Gasteiger partial charge in [0.05, 0.1) is 0 Å². The van der Waals surface area contributed by atoms with Crippen LogP contribution >= 0.6 is 0 Å². The van der Waals surface area contributed by atoms with E-state index in [0.29, 0.717) is 5.69 Å². The SMILES string of the molecule is Nc1cccc(Nc2c(F)c(F)cc(F)c2F)c1. The standard InChI is InChI=1S/C12H8F4N2/c13-8-5-9(14)11(16)12(10(8)15)18-7-3-1-2-6(17)4-7/h1-5,18H,17H2. The van der Waals surface area contributed by atoms with Gasteiger partial charge >= 0.3 is 0 Å². The molecule has 0 spiro atoms. The second-order valence-electron chi connectivity index (χ2n) is 3.59. The van der Waals surface area contributed by atoms with E-state index in [1.165, 1.54) is 18.2 Å². The van der Waals surface area contributed by atoms with Crippen molar-refractivity contribution in [2.24, 2.45) is 0 Å². The summed E-state index contributed by atoms with van der Waals surface area (Å²) in [6.07, 6.45) is 0. The topological polar surface area (TPSA) is 38.0 Å². The van der Waals surface area contributed by atoms with Crippen LogP contribution in [0.4, 0.5) is 34.6 Å². The van der Waals surface area contributed by atoms with Crippen LogP contribution in [0.2, 0.25) is 0 Å². The third-order valence-corrected chi connectivity index (χ3v) is 2.27. The highest BCUT2D eigenvalue weighted by Crippen LogP contribution is 2.27. The summed E-state index contributed by atoms with van der Waals surface area (Å²) in [7, 11) is 0. The fraction of sp³-hybridized carbons (Fsp3) is 0. The van der Waals surface area contributed by atoms with Gasteiger partial charge in [-0.05, 0) is 18.2 Å². The van der Waals surface area contributed by atoms with Gasteiger partial charge in [-0.2, -0.15) is 0 Å². The van der Waals surface area contributed by atoms with Crippen molar-refractivity contribution >= 4 is 17.1 Å². The first-order valence-electron chi connectivity index (χ1n) is 4.94. The monoisotopic (exact) mass is 256 g/mol. The third-order valence-electron chi connectivity index (χ3n) is 2.27. The Hall–Kier alpha value is -2.24. The minimum absolute atomic E-state index is 0.148. The van der Waals surface area contributed by atoms with Crippen molar-refractivity contribution in [2.75, 3.05) is 11.1 Å². The average Bonchev–Trinajstić information content (AvgIpc) is 2.32. The van der Waals surface area contributed by atoms with E-state index >= 15 is 0 Å². The second-order valence-corrected chi connectivity index (χ2v) is 3.59. The molecule has 0 aliphatic rings.